The largest absolute Gasteiger partial charge is 0.461 e. The highest BCUT2D eigenvalue weighted by atomic mass is 19.3. The molecule has 33 heavy (non-hydrogen) atoms. The van der Waals surface area contributed by atoms with Crippen LogP contribution >= 0.6 is 0 Å². The van der Waals surface area contributed by atoms with E-state index >= 15 is 0 Å². The molecule has 3 N–H and O–H groups in total. The zero-order valence-electron chi connectivity index (χ0n) is 16.4. The quantitative estimate of drug-likeness (QED) is 0.350. The van der Waals surface area contributed by atoms with E-state index in [-0.39, 0.29) is 17.0 Å². The molecule has 0 aliphatic carbocycles. The van der Waals surface area contributed by atoms with Crippen LogP contribution in [0.15, 0.2) is 65.6 Å². The summed E-state index contributed by atoms with van der Waals surface area (Å²) in [6, 6.07) is 12.2. The predicted molar refractivity (Wildman–Crippen MR) is 109 cm³/mol. The van der Waals surface area contributed by atoms with Gasteiger partial charge in [0.25, 0.3) is 5.91 Å². The first-order valence-corrected chi connectivity index (χ1v) is 9.32. The number of amides is 1. The van der Waals surface area contributed by atoms with Gasteiger partial charge >= 0.3 is 18.2 Å². The van der Waals surface area contributed by atoms with Gasteiger partial charge in [-0.25, -0.2) is 9.78 Å². The molecule has 1 amide bonds. The SMILES string of the molecule is O=C(Nc1cccc(OC(F)(F)C(F)F)c1)c1cccc(Oc2ccnc3[nH]c(=O)[nH]c23)c1. The molecule has 12 heteroatoms. The second-order valence-electron chi connectivity index (χ2n) is 6.69. The number of hydrogen-bond acceptors (Lipinski definition) is 5. The van der Waals surface area contributed by atoms with Gasteiger partial charge in [0.1, 0.15) is 17.0 Å². The van der Waals surface area contributed by atoms with Crippen molar-refractivity contribution in [3.63, 3.8) is 0 Å². The zero-order chi connectivity index (χ0) is 23.6. The van der Waals surface area contributed by atoms with E-state index < -0.39 is 29.9 Å². The van der Waals surface area contributed by atoms with E-state index in [0.29, 0.717) is 16.9 Å². The Morgan fingerprint density at radius 3 is 2.58 bits per heavy atom. The highest BCUT2D eigenvalue weighted by Gasteiger charge is 2.44. The molecule has 170 valence electrons. The molecule has 0 radical (unpaired) electrons. The number of aromatic nitrogens is 3. The average molecular weight is 462 g/mol. The highest BCUT2D eigenvalue weighted by Crippen LogP contribution is 2.30. The number of H-pyrrole nitrogens is 2. The summed E-state index contributed by atoms with van der Waals surface area (Å²) in [6.45, 7) is 0. The van der Waals surface area contributed by atoms with Crippen molar-refractivity contribution in [2.75, 3.05) is 5.32 Å². The third kappa shape index (κ3) is 4.95. The van der Waals surface area contributed by atoms with E-state index in [2.05, 4.69) is 25.0 Å². The van der Waals surface area contributed by atoms with E-state index in [1.54, 1.807) is 12.1 Å². The van der Waals surface area contributed by atoms with Gasteiger partial charge < -0.3 is 19.8 Å². The Morgan fingerprint density at radius 2 is 1.79 bits per heavy atom. The molecule has 0 saturated carbocycles. The first-order chi connectivity index (χ1) is 15.7. The number of carbonyl (C=O) groups is 1. The Hall–Kier alpha value is -4.35. The van der Waals surface area contributed by atoms with Crippen LogP contribution in [-0.2, 0) is 0 Å². The van der Waals surface area contributed by atoms with Gasteiger partial charge in [-0.05, 0) is 30.3 Å². The highest BCUT2D eigenvalue weighted by molar-refractivity contribution is 6.04. The summed E-state index contributed by atoms with van der Waals surface area (Å²) in [4.78, 5) is 33.2. The molecule has 0 spiro atoms. The lowest BCUT2D eigenvalue weighted by molar-refractivity contribution is -0.253. The lowest BCUT2D eigenvalue weighted by Gasteiger charge is -2.17. The van der Waals surface area contributed by atoms with Crippen molar-refractivity contribution in [1.29, 1.82) is 0 Å². The third-order valence-electron chi connectivity index (χ3n) is 4.31. The van der Waals surface area contributed by atoms with Crippen LogP contribution in [0.25, 0.3) is 11.2 Å². The number of fused-ring (bicyclic) bond motifs is 1. The van der Waals surface area contributed by atoms with Crippen LogP contribution < -0.4 is 20.5 Å². The van der Waals surface area contributed by atoms with E-state index in [1.807, 2.05) is 0 Å². The molecule has 0 unspecified atom stereocenters. The number of alkyl halides is 4. The molecule has 2 aromatic carbocycles. The van der Waals surface area contributed by atoms with E-state index in [0.717, 1.165) is 12.1 Å². The molecule has 4 rings (SSSR count). The molecule has 4 aromatic rings. The van der Waals surface area contributed by atoms with Crippen LogP contribution in [0.5, 0.6) is 17.2 Å². The van der Waals surface area contributed by atoms with Crippen LogP contribution in [-0.4, -0.2) is 33.4 Å². The first-order valence-electron chi connectivity index (χ1n) is 9.32. The monoisotopic (exact) mass is 462 g/mol. The van der Waals surface area contributed by atoms with Crippen molar-refractivity contribution in [3.05, 3.63) is 76.8 Å². The minimum absolute atomic E-state index is 0.0506. The van der Waals surface area contributed by atoms with Crippen LogP contribution in [0.4, 0.5) is 23.2 Å². The fourth-order valence-corrected chi connectivity index (χ4v) is 2.87. The second-order valence-corrected chi connectivity index (χ2v) is 6.69. The Bertz CT molecular complexity index is 1370. The van der Waals surface area contributed by atoms with Crippen molar-refractivity contribution in [3.8, 4) is 17.2 Å². The molecule has 0 bridgehead atoms. The molecule has 2 aromatic heterocycles. The van der Waals surface area contributed by atoms with Crippen LogP contribution in [0.3, 0.4) is 0 Å². The van der Waals surface area contributed by atoms with Gasteiger partial charge in [-0.15, -0.1) is 0 Å². The second kappa shape index (κ2) is 8.65. The molecular weight excluding hydrogens is 448 g/mol. The van der Waals surface area contributed by atoms with Crippen LogP contribution in [0.2, 0.25) is 0 Å². The fourth-order valence-electron chi connectivity index (χ4n) is 2.87. The molecular formula is C21H14F4N4O4. The van der Waals surface area contributed by atoms with Crippen LogP contribution in [0.1, 0.15) is 10.4 Å². The number of carbonyl (C=O) groups excluding carboxylic acids is 1. The number of pyridine rings is 1. The maximum atomic E-state index is 13.1. The minimum atomic E-state index is -4.67. The number of benzene rings is 2. The lowest BCUT2D eigenvalue weighted by atomic mass is 10.2. The molecule has 0 aliphatic rings. The smallest absolute Gasteiger partial charge is 0.455 e. The molecule has 0 fully saturated rings. The summed E-state index contributed by atoms with van der Waals surface area (Å²) in [5.74, 6) is -0.600. The van der Waals surface area contributed by atoms with Crippen molar-refractivity contribution in [2.24, 2.45) is 0 Å². The van der Waals surface area contributed by atoms with Crippen molar-refractivity contribution < 1.29 is 31.8 Å². The number of imidazole rings is 1. The normalized spacial score (nSPS) is 11.5. The fraction of sp³-hybridized carbons (Fsp3) is 0.0952. The summed E-state index contributed by atoms with van der Waals surface area (Å²) in [7, 11) is 0. The lowest BCUT2D eigenvalue weighted by Crippen LogP contribution is -2.33. The van der Waals surface area contributed by atoms with Gasteiger partial charge in [-0.1, -0.05) is 12.1 Å². The van der Waals surface area contributed by atoms with Gasteiger partial charge in [-0.2, -0.15) is 17.6 Å². The Labute approximate surface area is 182 Å². The number of nitrogens with zero attached hydrogens (tertiary/aromatic N) is 1. The summed E-state index contributed by atoms with van der Waals surface area (Å²) in [5.41, 5.74) is 0.388. The van der Waals surface area contributed by atoms with Crippen molar-refractivity contribution in [2.45, 2.75) is 12.5 Å². The van der Waals surface area contributed by atoms with E-state index in [1.165, 1.54) is 36.5 Å². The van der Waals surface area contributed by atoms with Gasteiger partial charge in [0.2, 0.25) is 0 Å². The number of hydrogen-bond donors (Lipinski definition) is 3. The Balaban J connectivity index is 1.50. The third-order valence-corrected chi connectivity index (χ3v) is 4.31. The maximum Gasteiger partial charge on any atom is 0.461 e. The molecule has 8 nitrogen and oxygen atoms in total. The van der Waals surface area contributed by atoms with Gasteiger partial charge in [0, 0.05) is 29.6 Å². The summed E-state index contributed by atoms with van der Waals surface area (Å²) in [5, 5.41) is 2.47. The standard InChI is InChI=1S/C21H14F4N4O4/c22-19(23)21(24,25)33-14-6-2-4-12(10-14)27-18(30)11-3-1-5-13(9-11)32-15-7-8-26-17-16(15)28-20(31)29-17/h1-10,19H,(H,27,30)(H2,26,28,29,31). The van der Waals surface area contributed by atoms with E-state index in [9.17, 15) is 27.2 Å². The number of rotatable bonds is 7. The molecule has 2 heterocycles. The average Bonchev–Trinajstić information content (AvgIpc) is 3.15. The molecule has 0 aliphatic heterocycles. The van der Waals surface area contributed by atoms with Crippen molar-refractivity contribution >= 4 is 22.8 Å². The van der Waals surface area contributed by atoms with E-state index in [4.69, 9.17) is 4.74 Å². The van der Waals surface area contributed by atoms with Gasteiger partial charge in [0.05, 0.1) is 0 Å². The molecule has 0 atom stereocenters. The zero-order valence-corrected chi connectivity index (χ0v) is 16.4. The molecule has 0 saturated heterocycles. The van der Waals surface area contributed by atoms with Crippen molar-refractivity contribution in [1.82, 2.24) is 15.0 Å². The predicted octanol–water partition coefficient (Wildman–Crippen LogP) is 4.53. The van der Waals surface area contributed by atoms with Crippen LogP contribution in [0, 0.1) is 0 Å². The number of halogens is 4. The number of nitrogens with one attached hydrogen (secondary N) is 3. The summed E-state index contributed by atoms with van der Waals surface area (Å²) >= 11 is 0. The minimum Gasteiger partial charge on any atom is -0.455 e. The number of anilines is 1. The van der Waals surface area contributed by atoms with Gasteiger partial charge in [0.15, 0.2) is 11.4 Å². The number of aromatic amines is 2. The number of ether oxygens (including phenoxy) is 2. The Kier molecular flexibility index (Phi) is 5.73. The summed E-state index contributed by atoms with van der Waals surface area (Å²) < 4.78 is 60.7. The first kappa shape index (κ1) is 21.9. The maximum absolute atomic E-state index is 13.1. The Morgan fingerprint density at radius 1 is 1.03 bits per heavy atom. The summed E-state index contributed by atoms with van der Waals surface area (Å²) in [6.07, 6.45) is -7.25. The topological polar surface area (TPSA) is 109 Å². The van der Waals surface area contributed by atoms with Gasteiger partial charge in [-0.3, -0.25) is 9.78 Å².